The molecular weight excluding hydrogens is 266 g/mol. The van der Waals surface area contributed by atoms with Crippen molar-refractivity contribution in [2.75, 3.05) is 18.1 Å². The van der Waals surface area contributed by atoms with E-state index in [0.717, 1.165) is 35.6 Å². The monoisotopic (exact) mass is 283 g/mol. The van der Waals surface area contributed by atoms with Gasteiger partial charge in [-0.25, -0.2) is 0 Å². The maximum Gasteiger partial charge on any atom is 0.261 e. The minimum absolute atomic E-state index is 0.0280. The highest BCUT2D eigenvalue weighted by Gasteiger charge is 2.32. The molecule has 2 aliphatic rings. The molecule has 2 heterocycles. The molecule has 0 spiro atoms. The van der Waals surface area contributed by atoms with Crippen LogP contribution in [-0.2, 0) is 12.8 Å². The Kier molecular flexibility index (Phi) is 3.38. The molecule has 5 heteroatoms. The third-order valence-corrected chi connectivity index (χ3v) is 6.10. The zero-order valence-electron chi connectivity index (χ0n) is 10.2. The average Bonchev–Trinajstić information content (AvgIpc) is 3.00. The van der Waals surface area contributed by atoms with Crippen LogP contribution in [0.5, 0.6) is 0 Å². The molecule has 1 aliphatic heterocycles. The van der Waals surface area contributed by atoms with Crippen molar-refractivity contribution in [2.45, 2.75) is 31.3 Å². The molecule has 1 atom stereocenters. The fourth-order valence-corrected chi connectivity index (χ4v) is 4.97. The second kappa shape index (κ2) is 4.87. The van der Waals surface area contributed by atoms with Crippen molar-refractivity contribution in [3.63, 3.8) is 0 Å². The third kappa shape index (κ3) is 2.44. The van der Waals surface area contributed by atoms with Crippen LogP contribution in [0, 0.1) is 0 Å². The summed E-state index contributed by atoms with van der Waals surface area (Å²) in [5.74, 6) is 1.69. The Morgan fingerprint density at radius 1 is 1.50 bits per heavy atom. The van der Waals surface area contributed by atoms with Gasteiger partial charge in [0, 0.05) is 17.2 Å². The molecule has 1 aromatic rings. The smallest absolute Gasteiger partial charge is 0.261 e. The van der Waals surface area contributed by atoms with Crippen molar-refractivity contribution in [1.82, 2.24) is 5.32 Å². The highest BCUT2D eigenvalue weighted by molar-refractivity contribution is 7.99. The molecular formula is C13H17NO2S2. The van der Waals surface area contributed by atoms with E-state index in [1.165, 1.54) is 16.9 Å². The molecule has 2 N–H and O–H groups in total. The summed E-state index contributed by atoms with van der Waals surface area (Å²) in [6.07, 6.45) is 4.23. The van der Waals surface area contributed by atoms with Gasteiger partial charge in [-0.15, -0.1) is 11.3 Å². The van der Waals surface area contributed by atoms with Crippen molar-refractivity contribution in [3.8, 4) is 0 Å². The molecule has 1 aromatic heterocycles. The highest BCUT2D eigenvalue weighted by Crippen LogP contribution is 2.31. The Hall–Kier alpha value is -0.520. The van der Waals surface area contributed by atoms with Crippen LogP contribution in [0.3, 0.4) is 0 Å². The molecule has 1 aliphatic carbocycles. The summed E-state index contributed by atoms with van der Waals surface area (Å²) >= 11 is 3.36. The minimum atomic E-state index is -0.694. The van der Waals surface area contributed by atoms with Crippen molar-refractivity contribution in [1.29, 1.82) is 0 Å². The predicted octanol–water partition coefficient (Wildman–Crippen LogP) is 1.83. The number of hydrogen-bond acceptors (Lipinski definition) is 4. The van der Waals surface area contributed by atoms with Crippen LogP contribution >= 0.6 is 23.1 Å². The number of aryl methyl sites for hydroxylation is 2. The first kappa shape index (κ1) is 12.5. The van der Waals surface area contributed by atoms with Crippen LogP contribution in [0.4, 0.5) is 0 Å². The van der Waals surface area contributed by atoms with E-state index < -0.39 is 5.60 Å². The number of carbonyl (C=O) groups excluding carboxylic acids is 1. The molecule has 0 radical (unpaired) electrons. The lowest BCUT2D eigenvalue weighted by Crippen LogP contribution is -2.42. The van der Waals surface area contributed by atoms with Crippen LogP contribution in [0.15, 0.2) is 6.07 Å². The Labute approximate surface area is 115 Å². The number of nitrogens with one attached hydrogen (secondary N) is 1. The van der Waals surface area contributed by atoms with Gasteiger partial charge in [-0.2, -0.15) is 11.8 Å². The first-order chi connectivity index (χ1) is 8.66. The largest absolute Gasteiger partial charge is 0.387 e. The lowest BCUT2D eigenvalue weighted by atomic mass is 10.0. The summed E-state index contributed by atoms with van der Waals surface area (Å²) in [7, 11) is 0. The van der Waals surface area contributed by atoms with Crippen LogP contribution in [0.1, 0.15) is 33.0 Å². The lowest BCUT2D eigenvalue weighted by Gasteiger charge is -2.21. The number of amides is 1. The number of hydrogen-bond donors (Lipinski definition) is 2. The van der Waals surface area contributed by atoms with E-state index in [0.29, 0.717) is 6.54 Å². The van der Waals surface area contributed by atoms with Gasteiger partial charge in [0.25, 0.3) is 5.91 Å². The third-order valence-electron chi connectivity index (χ3n) is 3.63. The van der Waals surface area contributed by atoms with Crippen molar-refractivity contribution in [3.05, 3.63) is 21.4 Å². The zero-order valence-corrected chi connectivity index (χ0v) is 11.8. The molecule has 98 valence electrons. The van der Waals surface area contributed by atoms with E-state index in [9.17, 15) is 9.90 Å². The molecule has 18 heavy (non-hydrogen) atoms. The van der Waals surface area contributed by atoms with Gasteiger partial charge in [-0.1, -0.05) is 0 Å². The fraction of sp³-hybridized carbons (Fsp3) is 0.615. The lowest BCUT2D eigenvalue weighted by molar-refractivity contribution is 0.0614. The minimum Gasteiger partial charge on any atom is -0.387 e. The van der Waals surface area contributed by atoms with E-state index in [1.807, 2.05) is 6.07 Å². The Balaban J connectivity index is 1.60. The van der Waals surface area contributed by atoms with E-state index in [2.05, 4.69) is 5.32 Å². The van der Waals surface area contributed by atoms with Crippen LogP contribution in [0.2, 0.25) is 0 Å². The van der Waals surface area contributed by atoms with Gasteiger partial charge in [0.15, 0.2) is 0 Å². The van der Waals surface area contributed by atoms with Gasteiger partial charge >= 0.3 is 0 Å². The van der Waals surface area contributed by atoms with E-state index in [-0.39, 0.29) is 5.91 Å². The Bertz CT molecular complexity index is 442. The van der Waals surface area contributed by atoms with Gasteiger partial charge < -0.3 is 10.4 Å². The summed E-state index contributed by atoms with van der Waals surface area (Å²) < 4.78 is 0. The van der Waals surface area contributed by atoms with Crippen LogP contribution in [0.25, 0.3) is 0 Å². The number of rotatable bonds is 3. The van der Waals surface area contributed by atoms with E-state index >= 15 is 0 Å². The van der Waals surface area contributed by atoms with Crippen molar-refractivity contribution in [2.24, 2.45) is 0 Å². The quantitative estimate of drug-likeness (QED) is 0.890. The maximum atomic E-state index is 12.0. The molecule has 0 saturated carbocycles. The molecule has 3 nitrogen and oxygen atoms in total. The highest BCUT2D eigenvalue weighted by atomic mass is 32.2. The SMILES string of the molecule is O=C(NCC1(O)CCSC1)c1cc2c(s1)CCC2. The molecule has 1 saturated heterocycles. The van der Waals surface area contributed by atoms with Crippen molar-refractivity contribution < 1.29 is 9.90 Å². The maximum absolute atomic E-state index is 12.0. The Morgan fingerprint density at radius 3 is 3.11 bits per heavy atom. The summed E-state index contributed by atoms with van der Waals surface area (Å²) in [4.78, 5) is 14.2. The Morgan fingerprint density at radius 2 is 2.39 bits per heavy atom. The van der Waals surface area contributed by atoms with E-state index in [1.54, 1.807) is 23.1 Å². The molecule has 1 amide bonds. The summed E-state index contributed by atoms with van der Waals surface area (Å²) in [6, 6.07) is 2.02. The van der Waals surface area contributed by atoms with Crippen LogP contribution < -0.4 is 5.32 Å². The molecule has 0 bridgehead atoms. The summed E-state index contributed by atoms with van der Waals surface area (Å²) in [6.45, 7) is 0.376. The summed E-state index contributed by atoms with van der Waals surface area (Å²) in [5, 5.41) is 13.1. The number of fused-ring (bicyclic) bond motifs is 1. The number of carbonyl (C=O) groups is 1. The summed E-state index contributed by atoms with van der Waals surface area (Å²) in [5.41, 5.74) is 0.653. The normalized spacial score (nSPS) is 26.3. The number of thioether (sulfide) groups is 1. The first-order valence-electron chi connectivity index (χ1n) is 6.36. The fourth-order valence-electron chi connectivity index (χ4n) is 2.51. The second-order valence-electron chi connectivity index (χ2n) is 5.12. The van der Waals surface area contributed by atoms with Crippen LogP contribution in [-0.4, -0.2) is 34.7 Å². The van der Waals surface area contributed by atoms with Gasteiger partial charge in [0.1, 0.15) is 0 Å². The van der Waals surface area contributed by atoms with Gasteiger partial charge in [0.2, 0.25) is 0 Å². The molecule has 1 unspecified atom stereocenters. The van der Waals surface area contributed by atoms with Gasteiger partial charge in [-0.05, 0) is 43.1 Å². The number of aliphatic hydroxyl groups is 1. The average molecular weight is 283 g/mol. The van der Waals surface area contributed by atoms with Gasteiger partial charge in [0.05, 0.1) is 10.5 Å². The van der Waals surface area contributed by atoms with Gasteiger partial charge in [-0.3, -0.25) is 4.79 Å². The predicted molar refractivity (Wildman–Crippen MR) is 75.6 cm³/mol. The molecule has 1 fully saturated rings. The standard InChI is InChI=1S/C13H17NO2S2/c15-12(14-7-13(16)4-5-17-8-13)11-6-9-2-1-3-10(9)18-11/h6,16H,1-5,7-8H2,(H,14,15). The van der Waals surface area contributed by atoms with E-state index in [4.69, 9.17) is 0 Å². The molecule has 0 aromatic carbocycles. The molecule has 3 rings (SSSR count). The number of thiophene rings is 1. The topological polar surface area (TPSA) is 49.3 Å². The second-order valence-corrected chi connectivity index (χ2v) is 7.36. The zero-order chi connectivity index (χ0) is 12.6. The van der Waals surface area contributed by atoms with Crippen molar-refractivity contribution >= 4 is 29.0 Å². The first-order valence-corrected chi connectivity index (χ1v) is 8.33.